The van der Waals surface area contributed by atoms with Gasteiger partial charge >= 0.3 is 0 Å². The summed E-state index contributed by atoms with van der Waals surface area (Å²) in [6.45, 7) is 0. The summed E-state index contributed by atoms with van der Waals surface area (Å²) in [6.07, 6.45) is 0. The number of phenols is 1. The first-order chi connectivity index (χ1) is 9.54. The van der Waals surface area contributed by atoms with Gasteiger partial charge in [-0.1, -0.05) is 23.2 Å². The molecule has 3 nitrogen and oxygen atoms in total. The third-order valence-corrected chi connectivity index (χ3v) is 3.39. The minimum atomic E-state index is -0.211. The first-order valence-corrected chi connectivity index (χ1v) is 6.52. The molecule has 1 aromatic heterocycles. The number of benzene rings is 2. The summed E-state index contributed by atoms with van der Waals surface area (Å²) in [4.78, 5) is 12.1. The predicted molar refractivity (Wildman–Crippen MR) is 79.6 cm³/mol. The summed E-state index contributed by atoms with van der Waals surface area (Å²) >= 11 is 11.8. The van der Waals surface area contributed by atoms with Crippen LogP contribution in [0, 0.1) is 0 Å². The maximum Gasteiger partial charge on any atom is 0.193 e. The van der Waals surface area contributed by atoms with Gasteiger partial charge < -0.3 is 9.52 Å². The Morgan fingerprint density at radius 2 is 1.65 bits per heavy atom. The summed E-state index contributed by atoms with van der Waals surface area (Å²) in [5, 5.41) is 11.2. The van der Waals surface area contributed by atoms with Gasteiger partial charge in [-0.2, -0.15) is 0 Å². The molecule has 0 fully saturated rings. The molecule has 0 aliphatic heterocycles. The van der Waals surface area contributed by atoms with E-state index in [0.29, 0.717) is 26.6 Å². The van der Waals surface area contributed by atoms with Crippen molar-refractivity contribution in [1.29, 1.82) is 0 Å². The zero-order valence-electron chi connectivity index (χ0n) is 10.1. The number of fused-ring (bicyclic) bond motifs is 1. The van der Waals surface area contributed by atoms with Gasteiger partial charge in [-0.3, -0.25) is 4.79 Å². The van der Waals surface area contributed by atoms with E-state index in [1.165, 1.54) is 18.2 Å². The molecule has 3 rings (SSSR count). The van der Waals surface area contributed by atoms with Crippen LogP contribution >= 0.6 is 23.2 Å². The second-order valence-corrected chi connectivity index (χ2v) is 5.15. The summed E-state index contributed by atoms with van der Waals surface area (Å²) < 4.78 is 5.64. The van der Waals surface area contributed by atoms with Gasteiger partial charge in [0.25, 0.3) is 0 Å². The molecule has 0 aliphatic rings. The molecule has 0 atom stereocenters. The monoisotopic (exact) mass is 306 g/mol. The minimum Gasteiger partial charge on any atom is -0.507 e. The standard InChI is InChI=1S/C15H8Cl2O3/c16-8-2-4-12(18)11(5-8)15-7-13(19)10-3-1-9(17)6-14(10)20-15/h1-7,18H. The molecule has 2 aromatic carbocycles. The average molecular weight is 307 g/mol. The van der Waals surface area contributed by atoms with Crippen LogP contribution in [0.1, 0.15) is 0 Å². The van der Waals surface area contributed by atoms with Gasteiger partial charge in [0.05, 0.1) is 10.9 Å². The lowest BCUT2D eigenvalue weighted by atomic mass is 10.1. The predicted octanol–water partition coefficient (Wildman–Crippen LogP) is 4.47. The van der Waals surface area contributed by atoms with Gasteiger partial charge in [-0.25, -0.2) is 0 Å². The van der Waals surface area contributed by atoms with Crippen molar-refractivity contribution >= 4 is 34.2 Å². The minimum absolute atomic E-state index is 0.0149. The van der Waals surface area contributed by atoms with E-state index in [-0.39, 0.29) is 16.9 Å². The molecule has 0 saturated heterocycles. The molecule has 0 unspecified atom stereocenters. The number of hydrogen-bond donors (Lipinski definition) is 1. The largest absolute Gasteiger partial charge is 0.507 e. The SMILES string of the molecule is O=c1cc(-c2cc(Cl)ccc2O)oc2cc(Cl)ccc12. The molecule has 0 bridgehead atoms. The smallest absolute Gasteiger partial charge is 0.193 e. The number of hydrogen-bond acceptors (Lipinski definition) is 3. The first-order valence-electron chi connectivity index (χ1n) is 5.77. The molecule has 0 saturated carbocycles. The van der Waals surface area contributed by atoms with Crippen molar-refractivity contribution in [2.75, 3.05) is 0 Å². The summed E-state index contributed by atoms with van der Waals surface area (Å²) in [7, 11) is 0. The lowest BCUT2D eigenvalue weighted by Crippen LogP contribution is -2.00. The Labute approximate surface area is 124 Å². The van der Waals surface area contributed by atoms with Gasteiger partial charge in [0.1, 0.15) is 17.1 Å². The summed E-state index contributed by atoms with van der Waals surface area (Å²) in [6, 6.07) is 10.6. The van der Waals surface area contributed by atoms with Crippen LogP contribution in [0.25, 0.3) is 22.3 Å². The van der Waals surface area contributed by atoms with E-state index in [1.807, 2.05) is 0 Å². The quantitative estimate of drug-likeness (QED) is 0.721. The molecule has 100 valence electrons. The zero-order chi connectivity index (χ0) is 14.3. The van der Waals surface area contributed by atoms with E-state index in [9.17, 15) is 9.90 Å². The van der Waals surface area contributed by atoms with Gasteiger partial charge in [-0.15, -0.1) is 0 Å². The number of halogens is 2. The third kappa shape index (κ3) is 2.26. The van der Waals surface area contributed by atoms with Crippen molar-refractivity contribution in [2.45, 2.75) is 0 Å². The number of rotatable bonds is 1. The Morgan fingerprint density at radius 1 is 0.950 bits per heavy atom. The fraction of sp³-hybridized carbons (Fsp3) is 0. The van der Waals surface area contributed by atoms with E-state index in [2.05, 4.69) is 0 Å². The van der Waals surface area contributed by atoms with Crippen LogP contribution in [-0.2, 0) is 0 Å². The fourth-order valence-corrected chi connectivity index (χ4v) is 2.30. The van der Waals surface area contributed by atoms with Gasteiger partial charge in [0.2, 0.25) is 0 Å². The fourth-order valence-electron chi connectivity index (χ4n) is 1.97. The Kier molecular flexibility index (Phi) is 3.16. The van der Waals surface area contributed by atoms with E-state index in [0.717, 1.165) is 0 Å². The highest BCUT2D eigenvalue weighted by Gasteiger charge is 2.11. The molecule has 1 N–H and O–H groups in total. The zero-order valence-corrected chi connectivity index (χ0v) is 11.6. The topological polar surface area (TPSA) is 50.4 Å². The van der Waals surface area contributed by atoms with Crippen molar-refractivity contribution < 1.29 is 9.52 Å². The number of aromatic hydroxyl groups is 1. The van der Waals surface area contributed by atoms with E-state index in [1.54, 1.807) is 24.3 Å². The molecule has 1 heterocycles. The molecule has 0 radical (unpaired) electrons. The normalized spacial score (nSPS) is 10.9. The van der Waals surface area contributed by atoms with E-state index >= 15 is 0 Å². The van der Waals surface area contributed by atoms with Crippen LogP contribution in [0.3, 0.4) is 0 Å². The average Bonchev–Trinajstić information content (AvgIpc) is 2.41. The highest BCUT2D eigenvalue weighted by molar-refractivity contribution is 6.31. The highest BCUT2D eigenvalue weighted by Crippen LogP contribution is 2.32. The molecular formula is C15H8Cl2O3. The second-order valence-electron chi connectivity index (χ2n) is 4.28. The van der Waals surface area contributed by atoms with Crippen molar-refractivity contribution in [1.82, 2.24) is 0 Å². The Hall–Kier alpha value is -1.97. The van der Waals surface area contributed by atoms with Crippen molar-refractivity contribution in [3.63, 3.8) is 0 Å². The highest BCUT2D eigenvalue weighted by atomic mass is 35.5. The third-order valence-electron chi connectivity index (χ3n) is 2.92. The molecular weight excluding hydrogens is 299 g/mol. The lowest BCUT2D eigenvalue weighted by molar-refractivity contribution is 0.474. The maximum atomic E-state index is 12.1. The lowest BCUT2D eigenvalue weighted by Gasteiger charge is -2.06. The molecule has 5 heteroatoms. The molecule has 20 heavy (non-hydrogen) atoms. The summed E-state index contributed by atoms with van der Waals surface area (Å²) in [5.41, 5.74) is 0.508. The van der Waals surface area contributed by atoms with Crippen LogP contribution < -0.4 is 5.43 Å². The molecule has 3 aromatic rings. The van der Waals surface area contributed by atoms with E-state index < -0.39 is 0 Å². The van der Waals surface area contributed by atoms with Gasteiger partial charge in [0.15, 0.2) is 5.43 Å². The van der Waals surface area contributed by atoms with Crippen LogP contribution in [0.2, 0.25) is 10.0 Å². The Morgan fingerprint density at radius 3 is 2.45 bits per heavy atom. The van der Waals surface area contributed by atoms with Gasteiger partial charge in [-0.05, 0) is 30.3 Å². The molecule has 0 spiro atoms. The summed E-state index contributed by atoms with van der Waals surface area (Å²) in [5.74, 6) is 0.226. The van der Waals surface area contributed by atoms with Crippen molar-refractivity contribution in [2.24, 2.45) is 0 Å². The molecule has 0 amide bonds. The van der Waals surface area contributed by atoms with Crippen LogP contribution in [0.5, 0.6) is 5.75 Å². The van der Waals surface area contributed by atoms with Gasteiger partial charge in [0, 0.05) is 22.2 Å². The maximum absolute atomic E-state index is 12.1. The van der Waals surface area contributed by atoms with Crippen LogP contribution in [-0.4, -0.2) is 5.11 Å². The number of phenolic OH excluding ortho intramolecular Hbond substituents is 1. The van der Waals surface area contributed by atoms with Crippen LogP contribution in [0.4, 0.5) is 0 Å². The second kappa shape index (κ2) is 4.85. The molecule has 0 aliphatic carbocycles. The Bertz CT molecular complexity index is 869. The van der Waals surface area contributed by atoms with Crippen molar-refractivity contribution in [3.05, 3.63) is 62.7 Å². The van der Waals surface area contributed by atoms with E-state index in [4.69, 9.17) is 27.6 Å². The Balaban J connectivity index is 2.32. The van der Waals surface area contributed by atoms with Crippen LogP contribution in [0.15, 0.2) is 51.7 Å². The van der Waals surface area contributed by atoms with Crippen molar-refractivity contribution in [3.8, 4) is 17.1 Å². The first kappa shape index (κ1) is 13.0.